The van der Waals surface area contributed by atoms with Gasteiger partial charge in [-0.25, -0.2) is 4.98 Å². The van der Waals surface area contributed by atoms with Crippen LogP contribution in [0.4, 0.5) is 0 Å². The number of rotatable bonds is 7. The Kier molecular flexibility index (Phi) is 5.47. The van der Waals surface area contributed by atoms with Crippen LogP contribution in [0, 0.1) is 6.92 Å². The van der Waals surface area contributed by atoms with Gasteiger partial charge in [0.2, 0.25) is 0 Å². The molecule has 0 saturated carbocycles. The number of Topliss-reactive ketones (excluding diaryl/α,β-unsaturated/α-hetero) is 1. The third kappa shape index (κ3) is 3.18. The molecule has 0 aliphatic heterocycles. The van der Waals surface area contributed by atoms with E-state index < -0.39 is 0 Å². The van der Waals surface area contributed by atoms with Gasteiger partial charge in [-0.1, -0.05) is 20.8 Å². The second-order valence-corrected chi connectivity index (χ2v) is 5.72. The highest BCUT2D eigenvalue weighted by molar-refractivity contribution is 7.09. The highest BCUT2D eigenvalue weighted by Crippen LogP contribution is 2.23. The van der Waals surface area contributed by atoms with E-state index in [1.54, 1.807) is 11.3 Å². The van der Waals surface area contributed by atoms with Crippen LogP contribution in [0.5, 0.6) is 0 Å². The van der Waals surface area contributed by atoms with Gasteiger partial charge >= 0.3 is 0 Å². The quantitative estimate of drug-likeness (QED) is 0.762. The Hall–Kier alpha value is -0.740. The SMILES string of the molecule is CCN(CC)C(C)(CC)C(=O)Cc1nc(C)cs1. The highest BCUT2D eigenvalue weighted by atomic mass is 32.1. The summed E-state index contributed by atoms with van der Waals surface area (Å²) in [5.74, 6) is 0.281. The average molecular weight is 268 g/mol. The van der Waals surface area contributed by atoms with Crippen LogP contribution in [-0.2, 0) is 11.2 Å². The van der Waals surface area contributed by atoms with Crippen molar-refractivity contribution in [1.29, 1.82) is 0 Å². The number of likely N-dealkylation sites (N-methyl/N-ethyl adjacent to an activating group) is 1. The fraction of sp³-hybridized carbons (Fsp3) is 0.714. The monoisotopic (exact) mass is 268 g/mol. The van der Waals surface area contributed by atoms with Crippen molar-refractivity contribution in [1.82, 2.24) is 9.88 Å². The normalized spacial score (nSPS) is 14.8. The summed E-state index contributed by atoms with van der Waals surface area (Å²) in [5.41, 5.74) is 0.645. The Balaban J connectivity index is 2.84. The summed E-state index contributed by atoms with van der Waals surface area (Å²) in [5, 5.41) is 2.94. The molecule has 1 heterocycles. The first-order chi connectivity index (χ1) is 8.47. The highest BCUT2D eigenvalue weighted by Gasteiger charge is 2.35. The fourth-order valence-corrected chi connectivity index (χ4v) is 3.10. The molecule has 0 saturated heterocycles. The molecular weight excluding hydrogens is 244 g/mol. The van der Waals surface area contributed by atoms with E-state index in [1.165, 1.54) is 0 Å². The number of hydrogen-bond acceptors (Lipinski definition) is 4. The summed E-state index contributed by atoms with van der Waals surface area (Å²) in [6, 6.07) is 0. The van der Waals surface area contributed by atoms with Gasteiger partial charge in [0.25, 0.3) is 0 Å². The minimum absolute atomic E-state index is 0.281. The molecule has 0 aliphatic rings. The van der Waals surface area contributed by atoms with Gasteiger partial charge in [0, 0.05) is 11.1 Å². The lowest BCUT2D eigenvalue weighted by atomic mass is 9.89. The van der Waals surface area contributed by atoms with E-state index in [9.17, 15) is 4.79 Å². The van der Waals surface area contributed by atoms with Gasteiger partial charge < -0.3 is 0 Å². The third-order valence-electron chi connectivity index (χ3n) is 3.73. The topological polar surface area (TPSA) is 33.2 Å². The first-order valence-corrected chi connectivity index (χ1v) is 7.55. The van der Waals surface area contributed by atoms with Gasteiger partial charge in [-0.15, -0.1) is 11.3 Å². The summed E-state index contributed by atoms with van der Waals surface area (Å²) in [7, 11) is 0. The van der Waals surface area contributed by atoms with Crippen LogP contribution >= 0.6 is 11.3 Å². The first-order valence-electron chi connectivity index (χ1n) is 6.67. The number of carbonyl (C=O) groups is 1. The van der Waals surface area contributed by atoms with Crippen molar-refractivity contribution in [3.05, 3.63) is 16.1 Å². The molecule has 0 bridgehead atoms. The molecule has 102 valence electrons. The second kappa shape index (κ2) is 6.43. The predicted molar refractivity (Wildman–Crippen MR) is 77.2 cm³/mol. The molecule has 0 radical (unpaired) electrons. The van der Waals surface area contributed by atoms with Crippen molar-refractivity contribution < 1.29 is 4.79 Å². The molecule has 0 N–H and O–H groups in total. The number of nitrogens with zero attached hydrogens (tertiary/aromatic N) is 2. The zero-order chi connectivity index (χ0) is 13.8. The molecule has 0 amide bonds. The predicted octanol–water partition coefficient (Wildman–Crippen LogP) is 3.07. The van der Waals surface area contributed by atoms with E-state index >= 15 is 0 Å². The van der Waals surface area contributed by atoms with E-state index in [4.69, 9.17) is 0 Å². The minimum atomic E-state index is -0.358. The number of hydrogen-bond donors (Lipinski definition) is 0. The van der Waals surface area contributed by atoms with Crippen LogP contribution in [0.3, 0.4) is 0 Å². The zero-order valence-corrected chi connectivity index (χ0v) is 12.9. The maximum absolute atomic E-state index is 12.6. The Morgan fingerprint density at radius 3 is 2.39 bits per heavy atom. The first kappa shape index (κ1) is 15.3. The third-order valence-corrected chi connectivity index (χ3v) is 4.70. The van der Waals surface area contributed by atoms with Gasteiger partial charge in [0.05, 0.1) is 12.0 Å². The summed E-state index contributed by atoms with van der Waals surface area (Å²) in [4.78, 5) is 19.2. The molecule has 3 nitrogen and oxygen atoms in total. The Bertz CT molecular complexity index is 398. The standard InChI is InChI=1S/C14H24N2OS/c1-6-14(5,16(7-2)8-3)12(17)9-13-15-11(4)10-18-13/h10H,6-9H2,1-5H3. The van der Waals surface area contributed by atoms with Crippen molar-refractivity contribution in [2.45, 2.75) is 53.0 Å². The number of carbonyl (C=O) groups excluding carboxylic acids is 1. The fourth-order valence-electron chi connectivity index (χ4n) is 2.33. The van der Waals surface area contributed by atoms with Crippen LogP contribution in [0.15, 0.2) is 5.38 Å². The largest absolute Gasteiger partial charge is 0.297 e. The summed E-state index contributed by atoms with van der Waals surface area (Å²) in [6.45, 7) is 12.1. The number of thiazole rings is 1. The lowest BCUT2D eigenvalue weighted by Crippen LogP contribution is -2.52. The molecular formula is C14H24N2OS. The van der Waals surface area contributed by atoms with Crippen LogP contribution in [0.1, 0.15) is 44.8 Å². The Morgan fingerprint density at radius 1 is 1.39 bits per heavy atom. The maximum Gasteiger partial charge on any atom is 0.159 e. The molecule has 0 aliphatic carbocycles. The summed E-state index contributed by atoms with van der Waals surface area (Å²) < 4.78 is 0. The minimum Gasteiger partial charge on any atom is -0.297 e. The second-order valence-electron chi connectivity index (χ2n) is 4.78. The lowest BCUT2D eigenvalue weighted by molar-refractivity contribution is -0.129. The van der Waals surface area contributed by atoms with Gasteiger partial charge in [-0.05, 0) is 33.4 Å². The van der Waals surface area contributed by atoms with Gasteiger partial charge in [-0.3, -0.25) is 9.69 Å². The Labute approximate surface area is 114 Å². The molecule has 4 heteroatoms. The van der Waals surface area contributed by atoms with Gasteiger partial charge in [-0.2, -0.15) is 0 Å². The van der Waals surface area contributed by atoms with E-state index in [0.29, 0.717) is 6.42 Å². The van der Waals surface area contributed by atoms with Crippen molar-refractivity contribution >= 4 is 17.1 Å². The Morgan fingerprint density at radius 2 is 2.00 bits per heavy atom. The lowest BCUT2D eigenvalue weighted by Gasteiger charge is -2.38. The average Bonchev–Trinajstić information content (AvgIpc) is 2.75. The van der Waals surface area contributed by atoms with Crippen molar-refractivity contribution in [2.75, 3.05) is 13.1 Å². The molecule has 1 atom stereocenters. The van der Waals surface area contributed by atoms with Crippen molar-refractivity contribution in [3.63, 3.8) is 0 Å². The maximum atomic E-state index is 12.6. The molecule has 1 aromatic rings. The molecule has 1 unspecified atom stereocenters. The van der Waals surface area contributed by atoms with Crippen LogP contribution in [0.25, 0.3) is 0 Å². The number of ketones is 1. The number of aromatic nitrogens is 1. The van der Waals surface area contributed by atoms with Crippen LogP contribution < -0.4 is 0 Å². The van der Waals surface area contributed by atoms with Gasteiger partial charge in [0.15, 0.2) is 5.78 Å². The van der Waals surface area contributed by atoms with E-state index in [2.05, 4.69) is 37.6 Å². The summed E-state index contributed by atoms with van der Waals surface area (Å²) >= 11 is 1.58. The molecule has 18 heavy (non-hydrogen) atoms. The smallest absolute Gasteiger partial charge is 0.159 e. The van der Waals surface area contributed by atoms with E-state index in [-0.39, 0.29) is 11.3 Å². The van der Waals surface area contributed by atoms with Crippen molar-refractivity contribution in [2.24, 2.45) is 0 Å². The zero-order valence-electron chi connectivity index (χ0n) is 12.1. The van der Waals surface area contributed by atoms with Crippen molar-refractivity contribution in [3.8, 4) is 0 Å². The molecule has 1 aromatic heterocycles. The van der Waals surface area contributed by atoms with Crippen LogP contribution in [-0.4, -0.2) is 34.3 Å². The van der Waals surface area contributed by atoms with Gasteiger partial charge in [0.1, 0.15) is 5.01 Å². The number of aryl methyl sites for hydroxylation is 1. The molecule has 0 aromatic carbocycles. The molecule has 0 fully saturated rings. The molecule has 1 rings (SSSR count). The molecule has 0 spiro atoms. The van der Waals surface area contributed by atoms with Crippen LogP contribution in [0.2, 0.25) is 0 Å². The summed E-state index contributed by atoms with van der Waals surface area (Å²) in [6.07, 6.45) is 1.30. The van der Waals surface area contributed by atoms with E-state index in [0.717, 1.165) is 30.2 Å². The van der Waals surface area contributed by atoms with E-state index in [1.807, 2.05) is 12.3 Å².